The molecule has 20 heavy (non-hydrogen) atoms. The molecule has 5 heteroatoms. The molecule has 0 saturated carbocycles. The zero-order valence-electron chi connectivity index (χ0n) is 11.4. The Morgan fingerprint density at radius 2 is 2.10 bits per heavy atom. The Bertz CT molecular complexity index is 502. The number of amides is 1. The Morgan fingerprint density at radius 1 is 1.40 bits per heavy atom. The molecule has 1 saturated heterocycles. The van der Waals surface area contributed by atoms with E-state index in [0.29, 0.717) is 24.2 Å². The van der Waals surface area contributed by atoms with Gasteiger partial charge in [0, 0.05) is 26.1 Å². The molecule has 0 bridgehead atoms. The van der Waals surface area contributed by atoms with Crippen LogP contribution in [0.25, 0.3) is 0 Å². The molecule has 0 atom stereocenters. The average molecular weight is 273 g/mol. The van der Waals surface area contributed by atoms with E-state index in [1.807, 2.05) is 0 Å². The number of aliphatic hydroxyl groups is 1. The number of carbonyl (C=O) groups excluding carboxylic acids is 1. The van der Waals surface area contributed by atoms with Gasteiger partial charge in [0.15, 0.2) is 0 Å². The largest absolute Gasteiger partial charge is 0.393 e. The highest BCUT2D eigenvalue weighted by Gasteiger charge is 2.17. The monoisotopic (exact) mass is 273 g/mol. The molecule has 2 rings (SSSR count). The zero-order chi connectivity index (χ0) is 14.4. The maximum atomic E-state index is 11.9. The van der Waals surface area contributed by atoms with Gasteiger partial charge in [-0.15, -0.1) is 0 Å². The van der Waals surface area contributed by atoms with Crippen LogP contribution in [0.15, 0.2) is 24.3 Å². The molecule has 1 heterocycles. The molecule has 1 aromatic carbocycles. The van der Waals surface area contributed by atoms with Gasteiger partial charge in [-0.1, -0.05) is 12.1 Å². The number of hydrogen-bond donors (Lipinski definition) is 2. The van der Waals surface area contributed by atoms with E-state index in [-0.39, 0.29) is 12.0 Å². The summed E-state index contributed by atoms with van der Waals surface area (Å²) < 4.78 is 0. The van der Waals surface area contributed by atoms with Crippen LogP contribution in [0.5, 0.6) is 0 Å². The van der Waals surface area contributed by atoms with Crippen molar-refractivity contribution in [3.05, 3.63) is 29.8 Å². The number of nitriles is 1. The Labute approximate surface area is 118 Å². The number of carbonyl (C=O) groups is 1. The number of benzene rings is 1. The Morgan fingerprint density at radius 3 is 2.80 bits per heavy atom. The lowest BCUT2D eigenvalue weighted by Crippen LogP contribution is -2.37. The van der Waals surface area contributed by atoms with Gasteiger partial charge in [-0.25, -0.2) is 0 Å². The molecule has 1 fully saturated rings. The van der Waals surface area contributed by atoms with E-state index < -0.39 is 0 Å². The summed E-state index contributed by atoms with van der Waals surface area (Å²) in [5.74, 6) is -0.0844. The fourth-order valence-electron chi connectivity index (χ4n) is 2.30. The van der Waals surface area contributed by atoms with Crippen molar-refractivity contribution >= 4 is 11.6 Å². The first-order valence-corrected chi connectivity index (χ1v) is 6.88. The maximum Gasteiger partial charge on any atom is 0.225 e. The summed E-state index contributed by atoms with van der Waals surface area (Å²) in [6.45, 7) is 2.36. The van der Waals surface area contributed by atoms with Crippen molar-refractivity contribution in [2.75, 3.05) is 25.0 Å². The summed E-state index contributed by atoms with van der Waals surface area (Å²) in [4.78, 5) is 14.1. The van der Waals surface area contributed by atoms with Gasteiger partial charge in [0.1, 0.15) is 6.07 Å². The fourth-order valence-corrected chi connectivity index (χ4v) is 2.30. The minimum absolute atomic E-state index is 0.0844. The standard InChI is InChI=1S/C15H19N3O2/c16-11-12-3-1-2-4-14(12)17-15(20)7-10-18-8-5-13(19)6-9-18/h1-4,13,19H,5-10H2,(H,17,20). The third-order valence-corrected chi connectivity index (χ3v) is 3.53. The number of para-hydroxylation sites is 1. The molecule has 1 aromatic rings. The number of aliphatic hydroxyl groups excluding tert-OH is 1. The van der Waals surface area contributed by atoms with Gasteiger partial charge in [0.2, 0.25) is 5.91 Å². The quantitative estimate of drug-likeness (QED) is 0.868. The Balaban J connectivity index is 1.80. The predicted molar refractivity (Wildman–Crippen MR) is 76.1 cm³/mol. The lowest BCUT2D eigenvalue weighted by molar-refractivity contribution is -0.116. The van der Waals surface area contributed by atoms with E-state index >= 15 is 0 Å². The first kappa shape index (κ1) is 14.5. The van der Waals surface area contributed by atoms with Gasteiger partial charge in [0.25, 0.3) is 0 Å². The molecule has 0 aliphatic carbocycles. The number of likely N-dealkylation sites (tertiary alicyclic amines) is 1. The van der Waals surface area contributed by atoms with Crippen molar-refractivity contribution in [2.45, 2.75) is 25.4 Å². The van der Waals surface area contributed by atoms with E-state index in [1.54, 1.807) is 24.3 Å². The Hall–Kier alpha value is -1.90. The minimum atomic E-state index is -0.192. The molecular weight excluding hydrogens is 254 g/mol. The predicted octanol–water partition coefficient (Wildman–Crippen LogP) is 1.34. The van der Waals surface area contributed by atoms with Gasteiger partial charge in [-0.05, 0) is 25.0 Å². The SMILES string of the molecule is N#Cc1ccccc1NC(=O)CCN1CCC(O)CC1. The van der Waals surface area contributed by atoms with Gasteiger partial charge < -0.3 is 15.3 Å². The van der Waals surface area contributed by atoms with E-state index in [1.165, 1.54) is 0 Å². The van der Waals surface area contributed by atoms with Gasteiger partial charge >= 0.3 is 0 Å². The third-order valence-electron chi connectivity index (χ3n) is 3.53. The number of nitrogens with one attached hydrogen (secondary N) is 1. The van der Waals surface area contributed by atoms with Crippen molar-refractivity contribution in [3.63, 3.8) is 0 Å². The van der Waals surface area contributed by atoms with E-state index in [4.69, 9.17) is 5.26 Å². The van der Waals surface area contributed by atoms with Crippen molar-refractivity contribution in [2.24, 2.45) is 0 Å². The van der Waals surface area contributed by atoms with Crippen molar-refractivity contribution in [1.29, 1.82) is 5.26 Å². The summed E-state index contributed by atoms with van der Waals surface area (Å²) >= 11 is 0. The highest BCUT2D eigenvalue weighted by molar-refractivity contribution is 5.92. The third kappa shape index (κ3) is 4.05. The van der Waals surface area contributed by atoms with Crippen LogP contribution in [-0.4, -0.2) is 41.7 Å². The van der Waals surface area contributed by atoms with Gasteiger partial charge in [-0.3, -0.25) is 4.79 Å². The van der Waals surface area contributed by atoms with E-state index in [9.17, 15) is 9.90 Å². The molecular formula is C15H19N3O2. The summed E-state index contributed by atoms with van der Waals surface area (Å²) in [5.41, 5.74) is 1.04. The first-order valence-electron chi connectivity index (χ1n) is 6.88. The highest BCUT2D eigenvalue weighted by atomic mass is 16.3. The molecule has 0 aromatic heterocycles. The van der Waals surface area contributed by atoms with E-state index in [0.717, 1.165) is 25.9 Å². The number of piperidine rings is 1. The van der Waals surface area contributed by atoms with Crippen LogP contribution in [0.4, 0.5) is 5.69 Å². The second kappa shape index (κ2) is 7.04. The molecule has 1 aliphatic rings. The summed E-state index contributed by atoms with van der Waals surface area (Å²) in [6.07, 6.45) is 1.76. The smallest absolute Gasteiger partial charge is 0.225 e. The molecule has 1 amide bonds. The second-order valence-electron chi connectivity index (χ2n) is 5.03. The minimum Gasteiger partial charge on any atom is -0.393 e. The van der Waals surface area contributed by atoms with Crippen molar-refractivity contribution in [1.82, 2.24) is 4.90 Å². The van der Waals surface area contributed by atoms with Crippen LogP contribution in [0, 0.1) is 11.3 Å². The number of hydrogen-bond acceptors (Lipinski definition) is 4. The zero-order valence-corrected chi connectivity index (χ0v) is 11.4. The molecule has 0 radical (unpaired) electrons. The summed E-state index contributed by atoms with van der Waals surface area (Å²) in [5, 5.41) is 21.1. The molecule has 0 unspecified atom stereocenters. The number of rotatable bonds is 4. The van der Waals surface area contributed by atoms with Gasteiger partial charge in [-0.2, -0.15) is 5.26 Å². The topological polar surface area (TPSA) is 76.4 Å². The van der Waals surface area contributed by atoms with Crippen LogP contribution in [-0.2, 0) is 4.79 Å². The first-order chi connectivity index (χ1) is 9.69. The average Bonchev–Trinajstić information content (AvgIpc) is 2.47. The van der Waals surface area contributed by atoms with Crippen LogP contribution in [0.1, 0.15) is 24.8 Å². The van der Waals surface area contributed by atoms with Crippen LogP contribution in [0.3, 0.4) is 0 Å². The molecule has 106 valence electrons. The van der Waals surface area contributed by atoms with Crippen molar-refractivity contribution in [3.8, 4) is 6.07 Å². The van der Waals surface area contributed by atoms with Gasteiger partial charge in [0.05, 0.1) is 17.4 Å². The molecule has 1 aliphatic heterocycles. The Kier molecular flexibility index (Phi) is 5.10. The summed E-state index contributed by atoms with van der Waals surface area (Å²) in [7, 11) is 0. The van der Waals surface area contributed by atoms with E-state index in [2.05, 4.69) is 16.3 Å². The number of anilines is 1. The molecule has 0 spiro atoms. The molecule has 5 nitrogen and oxygen atoms in total. The van der Waals surface area contributed by atoms with Crippen molar-refractivity contribution < 1.29 is 9.90 Å². The number of nitrogens with zero attached hydrogens (tertiary/aromatic N) is 2. The lowest BCUT2D eigenvalue weighted by atomic mass is 10.1. The summed E-state index contributed by atoms with van der Waals surface area (Å²) in [6, 6.07) is 9.04. The molecule has 2 N–H and O–H groups in total. The van der Waals surface area contributed by atoms with Crippen LogP contribution in [0.2, 0.25) is 0 Å². The van der Waals surface area contributed by atoms with Crippen LogP contribution >= 0.6 is 0 Å². The normalized spacial score (nSPS) is 16.6. The van der Waals surface area contributed by atoms with Crippen LogP contribution < -0.4 is 5.32 Å². The second-order valence-corrected chi connectivity index (χ2v) is 5.03. The highest BCUT2D eigenvalue weighted by Crippen LogP contribution is 2.14. The lowest BCUT2D eigenvalue weighted by Gasteiger charge is -2.29. The maximum absolute atomic E-state index is 11.9. The fraction of sp³-hybridized carbons (Fsp3) is 0.467.